The Kier molecular flexibility index (Phi) is 5.97. The number of nitrogen functional groups attached to an aromatic ring is 1. The largest absolute Gasteiger partial charge is 0.573 e. The third-order valence-electron chi connectivity index (χ3n) is 4.94. The second-order valence-electron chi connectivity index (χ2n) is 7.25. The summed E-state index contributed by atoms with van der Waals surface area (Å²) in [5, 5.41) is 6.69. The molecule has 1 atom stereocenters. The zero-order chi connectivity index (χ0) is 24.5. The Hall–Kier alpha value is -4.35. The molecule has 0 spiro atoms. The Bertz CT molecular complexity index is 1360. The molecule has 12 heteroatoms. The van der Waals surface area contributed by atoms with E-state index >= 15 is 0 Å². The molecule has 1 unspecified atom stereocenters. The van der Waals surface area contributed by atoms with E-state index in [0.717, 1.165) is 0 Å². The van der Waals surface area contributed by atoms with Crippen LogP contribution in [-0.2, 0) is 0 Å². The minimum atomic E-state index is -4.86. The number of alkyl halides is 3. The van der Waals surface area contributed by atoms with Crippen LogP contribution in [0.2, 0.25) is 0 Å². The Labute approximate surface area is 191 Å². The molecule has 0 aliphatic carbocycles. The molecule has 34 heavy (non-hydrogen) atoms. The number of aromatic nitrogens is 4. The molecule has 9 nitrogen and oxygen atoms in total. The van der Waals surface area contributed by atoms with Crippen LogP contribution in [0.1, 0.15) is 28.9 Å². The number of pyridine rings is 2. The molecule has 1 aromatic carbocycles. The van der Waals surface area contributed by atoms with Crippen molar-refractivity contribution in [2.24, 2.45) is 0 Å². The van der Waals surface area contributed by atoms with E-state index in [0.29, 0.717) is 16.8 Å². The van der Waals surface area contributed by atoms with Crippen LogP contribution < -0.4 is 20.5 Å². The molecule has 0 aliphatic rings. The van der Waals surface area contributed by atoms with Crippen molar-refractivity contribution in [2.45, 2.75) is 19.3 Å². The molecular weight excluding hydrogens is 453 g/mol. The molecule has 0 radical (unpaired) electrons. The summed E-state index contributed by atoms with van der Waals surface area (Å²) in [6.07, 6.45) is -1.67. The third kappa shape index (κ3) is 4.85. The van der Waals surface area contributed by atoms with Gasteiger partial charge in [0.2, 0.25) is 11.8 Å². The number of amides is 1. The number of rotatable bonds is 6. The van der Waals surface area contributed by atoms with Crippen LogP contribution in [-0.4, -0.2) is 39.0 Å². The van der Waals surface area contributed by atoms with Gasteiger partial charge < -0.3 is 20.5 Å². The highest BCUT2D eigenvalue weighted by Crippen LogP contribution is 2.31. The molecule has 176 valence electrons. The number of methoxy groups -OCH3 is 1. The number of nitrogens with zero attached hydrogens (tertiary/aromatic N) is 4. The van der Waals surface area contributed by atoms with Crippen LogP contribution in [0, 0.1) is 0 Å². The number of ether oxygens (including phenoxy) is 2. The number of carbonyl (C=O) groups excluding carboxylic acids is 1. The number of hydrogen-bond acceptors (Lipinski definition) is 7. The summed E-state index contributed by atoms with van der Waals surface area (Å²) in [7, 11) is 1.36. The van der Waals surface area contributed by atoms with E-state index in [1.807, 2.05) is 0 Å². The maximum Gasteiger partial charge on any atom is 0.573 e. The van der Waals surface area contributed by atoms with E-state index in [9.17, 15) is 18.0 Å². The summed E-state index contributed by atoms with van der Waals surface area (Å²) >= 11 is 0. The van der Waals surface area contributed by atoms with Crippen LogP contribution in [0.3, 0.4) is 0 Å². The highest BCUT2D eigenvalue weighted by atomic mass is 19.4. The molecule has 1 amide bonds. The molecule has 0 bridgehead atoms. The number of nitrogens with two attached hydrogens (primary N) is 1. The van der Waals surface area contributed by atoms with Gasteiger partial charge in [-0.15, -0.1) is 18.3 Å². The molecule has 3 aromatic heterocycles. The SMILES string of the molecule is COc1ncc(-c2ccn3nc(N)nc3c2)cc1C(=O)NC(C)c1ccccc1OC(F)(F)F. The lowest BCUT2D eigenvalue weighted by molar-refractivity contribution is -0.275. The predicted octanol–water partition coefficient (Wildman–Crippen LogP) is 3.77. The lowest BCUT2D eigenvalue weighted by Crippen LogP contribution is -2.28. The van der Waals surface area contributed by atoms with Crippen LogP contribution in [0.25, 0.3) is 16.8 Å². The van der Waals surface area contributed by atoms with Gasteiger partial charge in [-0.1, -0.05) is 18.2 Å². The number of fused-ring (bicyclic) bond motifs is 1. The lowest BCUT2D eigenvalue weighted by atomic mass is 10.0. The van der Waals surface area contributed by atoms with Crippen LogP contribution in [0.15, 0.2) is 54.9 Å². The summed E-state index contributed by atoms with van der Waals surface area (Å²) in [4.78, 5) is 21.4. The second kappa shape index (κ2) is 8.89. The Morgan fingerprint density at radius 3 is 2.68 bits per heavy atom. The number of para-hydroxylation sites is 1. The van der Waals surface area contributed by atoms with Gasteiger partial charge in [-0.2, -0.15) is 4.98 Å². The lowest BCUT2D eigenvalue weighted by Gasteiger charge is -2.19. The average Bonchev–Trinajstić information content (AvgIpc) is 3.17. The fourth-order valence-corrected chi connectivity index (χ4v) is 3.42. The van der Waals surface area contributed by atoms with E-state index in [1.165, 1.54) is 36.0 Å². The van der Waals surface area contributed by atoms with E-state index in [4.69, 9.17) is 10.5 Å². The summed E-state index contributed by atoms with van der Waals surface area (Å²) in [6, 6.07) is 9.82. The molecule has 4 rings (SSSR count). The topological polar surface area (TPSA) is 117 Å². The van der Waals surface area contributed by atoms with Crippen molar-refractivity contribution in [1.29, 1.82) is 0 Å². The molecule has 0 fully saturated rings. The van der Waals surface area contributed by atoms with Gasteiger partial charge in [0.25, 0.3) is 5.91 Å². The first-order valence-electron chi connectivity index (χ1n) is 9.96. The van der Waals surface area contributed by atoms with Gasteiger partial charge in [-0.25, -0.2) is 9.50 Å². The zero-order valence-corrected chi connectivity index (χ0v) is 18.0. The molecule has 4 aromatic rings. The van der Waals surface area contributed by atoms with E-state index < -0.39 is 24.1 Å². The van der Waals surface area contributed by atoms with Gasteiger partial charge >= 0.3 is 6.36 Å². The first-order chi connectivity index (χ1) is 16.1. The molecule has 0 saturated heterocycles. The van der Waals surface area contributed by atoms with Crippen molar-refractivity contribution in [2.75, 3.05) is 12.8 Å². The minimum Gasteiger partial charge on any atom is -0.480 e. The van der Waals surface area contributed by atoms with Crippen molar-refractivity contribution in [3.63, 3.8) is 0 Å². The molecule has 0 aliphatic heterocycles. The number of hydrogen-bond donors (Lipinski definition) is 2. The fourth-order valence-electron chi connectivity index (χ4n) is 3.42. The minimum absolute atomic E-state index is 0.0566. The van der Waals surface area contributed by atoms with Crippen LogP contribution >= 0.6 is 0 Å². The van der Waals surface area contributed by atoms with Gasteiger partial charge in [0.05, 0.1) is 13.2 Å². The van der Waals surface area contributed by atoms with E-state index in [2.05, 4.69) is 25.1 Å². The van der Waals surface area contributed by atoms with Gasteiger partial charge in [-0.3, -0.25) is 4.79 Å². The van der Waals surface area contributed by atoms with Crippen LogP contribution in [0.4, 0.5) is 19.1 Å². The highest BCUT2D eigenvalue weighted by molar-refractivity contribution is 5.97. The summed E-state index contributed by atoms with van der Waals surface area (Å²) < 4.78 is 49.1. The van der Waals surface area contributed by atoms with Gasteiger partial charge in [0.1, 0.15) is 11.3 Å². The first kappa shape index (κ1) is 22.8. The van der Waals surface area contributed by atoms with Crippen LogP contribution in [0.5, 0.6) is 11.6 Å². The smallest absolute Gasteiger partial charge is 0.480 e. The van der Waals surface area contributed by atoms with Crippen molar-refractivity contribution in [3.05, 3.63) is 66.0 Å². The van der Waals surface area contributed by atoms with Gasteiger partial charge in [-0.05, 0) is 36.8 Å². The van der Waals surface area contributed by atoms with Gasteiger partial charge in [0.15, 0.2) is 5.65 Å². The normalized spacial score (nSPS) is 12.4. The average molecular weight is 472 g/mol. The summed E-state index contributed by atoms with van der Waals surface area (Å²) in [5.41, 5.74) is 7.67. The third-order valence-corrected chi connectivity index (χ3v) is 4.94. The Balaban J connectivity index is 1.63. The number of anilines is 1. The Morgan fingerprint density at radius 1 is 1.18 bits per heavy atom. The summed E-state index contributed by atoms with van der Waals surface area (Å²) in [5.74, 6) is -0.814. The predicted molar refractivity (Wildman–Crippen MR) is 116 cm³/mol. The quantitative estimate of drug-likeness (QED) is 0.439. The molecule has 3 N–H and O–H groups in total. The van der Waals surface area contributed by atoms with E-state index in [1.54, 1.807) is 37.4 Å². The maximum atomic E-state index is 13.1. The summed E-state index contributed by atoms with van der Waals surface area (Å²) in [6.45, 7) is 1.55. The number of benzene rings is 1. The maximum absolute atomic E-state index is 13.1. The zero-order valence-electron chi connectivity index (χ0n) is 18.0. The molecule has 3 heterocycles. The molecular formula is C22H19F3N6O3. The molecule has 0 saturated carbocycles. The van der Waals surface area contributed by atoms with E-state index in [-0.39, 0.29) is 23.0 Å². The number of carbonyl (C=O) groups is 1. The van der Waals surface area contributed by atoms with Crippen molar-refractivity contribution in [1.82, 2.24) is 24.9 Å². The Morgan fingerprint density at radius 2 is 1.94 bits per heavy atom. The highest BCUT2D eigenvalue weighted by Gasteiger charge is 2.32. The van der Waals surface area contributed by atoms with Crippen molar-refractivity contribution < 1.29 is 27.4 Å². The second-order valence-corrected chi connectivity index (χ2v) is 7.25. The fraction of sp³-hybridized carbons (Fsp3) is 0.182. The van der Waals surface area contributed by atoms with Gasteiger partial charge in [0, 0.05) is 23.5 Å². The monoisotopic (exact) mass is 472 g/mol. The number of nitrogens with one attached hydrogen (secondary N) is 1. The number of halogens is 3. The first-order valence-corrected chi connectivity index (χ1v) is 9.96. The van der Waals surface area contributed by atoms with Crippen molar-refractivity contribution in [3.8, 4) is 22.8 Å². The van der Waals surface area contributed by atoms with Crippen molar-refractivity contribution >= 4 is 17.5 Å². The standard InChI is InChI=1S/C22H19F3N6O3/c1-12(15-5-3-4-6-17(15)34-22(23,24)25)28-19(32)16-9-14(11-27-20(16)33-2)13-7-8-31-18(10-13)29-21(26)30-31/h3-12H,1-2H3,(H2,26,30)(H,28,32).